The number of amides is 1. The van der Waals surface area contributed by atoms with Crippen molar-refractivity contribution in [1.82, 2.24) is 5.32 Å². The summed E-state index contributed by atoms with van der Waals surface area (Å²) in [5, 5.41) is 11.9. The van der Waals surface area contributed by atoms with Crippen LogP contribution in [0.2, 0.25) is 0 Å². The molecule has 0 saturated carbocycles. The van der Waals surface area contributed by atoms with E-state index in [2.05, 4.69) is 5.32 Å². The third kappa shape index (κ3) is 5.12. The molecule has 2 N–H and O–H groups in total. The summed E-state index contributed by atoms with van der Waals surface area (Å²) in [6.45, 7) is 0.556. The Bertz CT molecular complexity index is 695. The zero-order valence-corrected chi connectivity index (χ0v) is 13.6. The smallest absolute Gasteiger partial charge is 0.335 e. The van der Waals surface area contributed by atoms with E-state index in [4.69, 9.17) is 9.84 Å². The number of rotatable bonds is 8. The third-order valence-corrected chi connectivity index (χ3v) is 3.72. The normalized spacial score (nSPS) is 10.2. The fourth-order valence-electron chi connectivity index (χ4n) is 2.43. The van der Waals surface area contributed by atoms with Gasteiger partial charge in [0.15, 0.2) is 0 Å². The summed E-state index contributed by atoms with van der Waals surface area (Å²) in [4.78, 5) is 23.1. The lowest BCUT2D eigenvalue weighted by Gasteiger charge is -2.08. The summed E-state index contributed by atoms with van der Waals surface area (Å²) in [5.41, 5.74) is 1.88. The molecule has 126 valence electrons. The molecule has 0 unspecified atom stereocenters. The van der Waals surface area contributed by atoms with Crippen molar-refractivity contribution in [1.29, 1.82) is 0 Å². The second kappa shape index (κ2) is 8.72. The zero-order chi connectivity index (χ0) is 17.4. The molecule has 1 amide bonds. The van der Waals surface area contributed by atoms with Crippen molar-refractivity contribution in [3.05, 3.63) is 65.2 Å². The van der Waals surface area contributed by atoms with Crippen molar-refractivity contribution in [3.8, 4) is 5.75 Å². The Hall–Kier alpha value is -2.82. The molecule has 0 aliphatic heterocycles. The van der Waals surface area contributed by atoms with E-state index in [1.165, 1.54) is 11.6 Å². The Kier molecular flexibility index (Phi) is 6.37. The van der Waals surface area contributed by atoms with E-state index in [9.17, 15) is 9.59 Å². The summed E-state index contributed by atoms with van der Waals surface area (Å²) in [5.74, 6) is -0.361. The lowest BCUT2D eigenvalue weighted by atomic mass is 10.0. The first kappa shape index (κ1) is 17.5. The van der Waals surface area contributed by atoms with Crippen LogP contribution in [0.1, 0.15) is 27.9 Å². The molecule has 0 heterocycles. The standard InChI is InChI=1S/C19H21NO4/c1-24-16-10-8-14(9-11-16)5-4-12-20-18(21)13-15-6-2-3-7-17(15)19(22)23/h2-3,6-11H,4-5,12-13H2,1H3,(H,20,21)(H,22,23). The van der Waals surface area contributed by atoms with E-state index in [1.54, 1.807) is 25.3 Å². The van der Waals surface area contributed by atoms with Crippen molar-refractivity contribution in [2.75, 3.05) is 13.7 Å². The van der Waals surface area contributed by atoms with Gasteiger partial charge in [-0.15, -0.1) is 0 Å². The van der Waals surface area contributed by atoms with Gasteiger partial charge in [0.1, 0.15) is 5.75 Å². The maximum atomic E-state index is 12.0. The van der Waals surface area contributed by atoms with Crippen LogP contribution in [0.25, 0.3) is 0 Å². The molecule has 5 nitrogen and oxygen atoms in total. The number of ether oxygens (including phenoxy) is 1. The molecule has 0 aliphatic rings. The summed E-state index contributed by atoms with van der Waals surface area (Å²) >= 11 is 0. The van der Waals surface area contributed by atoms with Crippen LogP contribution >= 0.6 is 0 Å². The Balaban J connectivity index is 1.76. The first-order valence-corrected chi connectivity index (χ1v) is 7.81. The van der Waals surface area contributed by atoms with E-state index >= 15 is 0 Å². The minimum Gasteiger partial charge on any atom is -0.497 e. The van der Waals surface area contributed by atoms with Crippen LogP contribution in [0.5, 0.6) is 5.75 Å². The van der Waals surface area contributed by atoms with Crippen LogP contribution < -0.4 is 10.1 Å². The molecule has 0 radical (unpaired) electrons. The maximum Gasteiger partial charge on any atom is 0.335 e. The van der Waals surface area contributed by atoms with Gasteiger partial charge in [-0.25, -0.2) is 4.79 Å². The fourth-order valence-corrected chi connectivity index (χ4v) is 2.43. The highest BCUT2D eigenvalue weighted by atomic mass is 16.5. The van der Waals surface area contributed by atoms with Crippen molar-refractivity contribution in [2.24, 2.45) is 0 Å². The Morgan fingerprint density at radius 3 is 2.46 bits per heavy atom. The van der Waals surface area contributed by atoms with Gasteiger partial charge in [0.05, 0.1) is 19.1 Å². The highest BCUT2D eigenvalue weighted by Crippen LogP contribution is 2.12. The molecular formula is C19H21NO4. The molecule has 0 saturated heterocycles. The first-order chi connectivity index (χ1) is 11.6. The quantitative estimate of drug-likeness (QED) is 0.731. The van der Waals surface area contributed by atoms with Gasteiger partial charge in [0.25, 0.3) is 0 Å². The van der Waals surface area contributed by atoms with E-state index in [0.29, 0.717) is 12.1 Å². The minimum atomic E-state index is -1.02. The van der Waals surface area contributed by atoms with Gasteiger partial charge in [-0.2, -0.15) is 0 Å². The van der Waals surface area contributed by atoms with Gasteiger partial charge in [-0.3, -0.25) is 4.79 Å². The molecule has 2 rings (SSSR count). The molecule has 0 fully saturated rings. The topological polar surface area (TPSA) is 75.6 Å². The SMILES string of the molecule is COc1ccc(CCCNC(=O)Cc2ccccc2C(=O)O)cc1. The maximum absolute atomic E-state index is 12.0. The summed E-state index contributed by atoms with van der Waals surface area (Å²) in [7, 11) is 1.63. The molecular weight excluding hydrogens is 306 g/mol. The van der Waals surface area contributed by atoms with Crippen molar-refractivity contribution in [2.45, 2.75) is 19.3 Å². The predicted molar refractivity (Wildman–Crippen MR) is 91.4 cm³/mol. The number of benzene rings is 2. The van der Waals surface area contributed by atoms with Gasteiger partial charge < -0.3 is 15.2 Å². The Labute approximate surface area is 141 Å². The average Bonchev–Trinajstić information content (AvgIpc) is 2.59. The summed E-state index contributed by atoms with van der Waals surface area (Å²) < 4.78 is 5.11. The van der Waals surface area contributed by atoms with E-state index in [-0.39, 0.29) is 17.9 Å². The first-order valence-electron chi connectivity index (χ1n) is 7.81. The zero-order valence-electron chi connectivity index (χ0n) is 13.6. The number of nitrogens with one attached hydrogen (secondary N) is 1. The number of hydrogen-bond donors (Lipinski definition) is 2. The second-order valence-electron chi connectivity index (χ2n) is 5.44. The van der Waals surface area contributed by atoms with Crippen LogP contribution in [0.4, 0.5) is 0 Å². The van der Waals surface area contributed by atoms with E-state index in [0.717, 1.165) is 18.6 Å². The third-order valence-electron chi connectivity index (χ3n) is 3.72. The molecule has 0 spiro atoms. The van der Waals surface area contributed by atoms with Crippen molar-refractivity contribution < 1.29 is 19.4 Å². The van der Waals surface area contributed by atoms with Gasteiger partial charge >= 0.3 is 5.97 Å². The minimum absolute atomic E-state index is 0.0744. The predicted octanol–water partition coefficient (Wildman–Crippen LogP) is 2.68. The van der Waals surface area contributed by atoms with Crippen LogP contribution in [-0.4, -0.2) is 30.6 Å². The van der Waals surface area contributed by atoms with Crippen LogP contribution in [-0.2, 0) is 17.6 Å². The van der Waals surface area contributed by atoms with Gasteiger partial charge in [-0.1, -0.05) is 30.3 Å². The number of aryl methyl sites for hydroxylation is 1. The highest BCUT2D eigenvalue weighted by Gasteiger charge is 2.12. The average molecular weight is 327 g/mol. The van der Waals surface area contributed by atoms with Crippen molar-refractivity contribution in [3.63, 3.8) is 0 Å². The van der Waals surface area contributed by atoms with Gasteiger partial charge in [0, 0.05) is 6.54 Å². The molecule has 24 heavy (non-hydrogen) atoms. The number of carboxylic acids is 1. The van der Waals surface area contributed by atoms with E-state index < -0.39 is 5.97 Å². The molecule has 0 bridgehead atoms. The molecule has 2 aromatic rings. The Morgan fingerprint density at radius 2 is 1.79 bits per heavy atom. The molecule has 2 aromatic carbocycles. The van der Waals surface area contributed by atoms with Gasteiger partial charge in [0.2, 0.25) is 5.91 Å². The monoisotopic (exact) mass is 327 g/mol. The molecule has 0 atom stereocenters. The molecule has 0 aromatic heterocycles. The number of carboxylic acid groups (broad SMARTS) is 1. The number of hydrogen-bond acceptors (Lipinski definition) is 3. The summed E-state index contributed by atoms with van der Waals surface area (Å²) in [6, 6.07) is 14.4. The van der Waals surface area contributed by atoms with Crippen LogP contribution in [0.15, 0.2) is 48.5 Å². The number of methoxy groups -OCH3 is 1. The van der Waals surface area contributed by atoms with Crippen LogP contribution in [0.3, 0.4) is 0 Å². The van der Waals surface area contributed by atoms with Crippen molar-refractivity contribution >= 4 is 11.9 Å². The lowest BCUT2D eigenvalue weighted by Crippen LogP contribution is -2.27. The summed E-state index contributed by atoms with van der Waals surface area (Å²) in [6.07, 6.45) is 1.75. The number of carbonyl (C=O) groups excluding carboxylic acids is 1. The fraction of sp³-hybridized carbons (Fsp3) is 0.263. The molecule has 0 aliphatic carbocycles. The van der Waals surface area contributed by atoms with E-state index in [1.807, 2.05) is 24.3 Å². The number of carbonyl (C=O) groups is 2. The lowest BCUT2D eigenvalue weighted by molar-refractivity contribution is -0.120. The molecule has 5 heteroatoms. The largest absolute Gasteiger partial charge is 0.497 e. The van der Waals surface area contributed by atoms with Gasteiger partial charge in [-0.05, 0) is 42.2 Å². The Morgan fingerprint density at radius 1 is 1.08 bits per heavy atom. The second-order valence-corrected chi connectivity index (χ2v) is 5.44. The highest BCUT2D eigenvalue weighted by molar-refractivity contribution is 5.91. The number of aromatic carboxylic acids is 1. The van der Waals surface area contributed by atoms with Crippen LogP contribution in [0, 0.1) is 0 Å².